The molecule has 170 valence electrons. The topological polar surface area (TPSA) is 75.0 Å². The number of hydrogen-bond acceptors (Lipinski definition) is 4. The van der Waals surface area contributed by atoms with E-state index in [1.165, 1.54) is 0 Å². The van der Waals surface area contributed by atoms with E-state index in [0.717, 1.165) is 11.3 Å². The molecule has 0 spiro atoms. The first-order chi connectivity index (χ1) is 14.5. The number of halogens is 3. The molecule has 0 aliphatic carbocycles. The lowest BCUT2D eigenvalue weighted by Gasteiger charge is -2.35. The molecule has 1 N–H and O–H groups in total. The number of anilines is 1. The van der Waals surface area contributed by atoms with Crippen LogP contribution in [-0.4, -0.2) is 65.8 Å². The number of carbonyl (C=O) groups is 1. The molecule has 31 heavy (non-hydrogen) atoms. The largest absolute Gasteiger partial charge is 0.488 e. The van der Waals surface area contributed by atoms with Crippen molar-refractivity contribution in [1.82, 2.24) is 20.0 Å². The summed E-state index contributed by atoms with van der Waals surface area (Å²) < 4.78 is 31.4. The Morgan fingerprint density at radius 3 is 2.81 bits per heavy atom. The van der Waals surface area contributed by atoms with E-state index in [4.69, 9.17) is 4.74 Å². The molecule has 3 rings (SSSR count). The van der Waals surface area contributed by atoms with Crippen molar-refractivity contribution in [2.45, 2.75) is 19.9 Å². The van der Waals surface area contributed by atoms with Gasteiger partial charge >= 0.3 is 0 Å². The van der Waals surface area contributed by atoms with Gasteiger partial charge in [0.15, 0.2) is 5.96 Å². The summed E-state index contributed by atoms with van der Waals surface area (Å²) in [4.78, 5) is 20.9. The average Bonchev–Trinajstić information content (AvgIpc) is 3.15. The van der Waals surface area contributed by atoms with Crippen LogP contribution in [0, 0.1) is 0 Å². The van der Waals surface area contributed by atoms with Crippen molar-refractivity contribution in [3.8, 4) is 5.75 Å². The van der Waals surface area contributed by atoms with Gasteiger partial charge in [-0.1, -0.05) is 12.1 Å². The highest BCUT2D eigenvalue weighted by Gasteiger charge is 2.27. The van der Waals surface area contributed by atoms with Gasteiger partial charge in [-0.05, 0) is 24.6 Å². The van der Waals surface area contributed by atoms with Gasteiger partial charge in [0, 0.05) is 32.9 Å². The molecule has 1 fully saturated rings. The third-order valence-electron chi connectivity index (χ3n) is 4.54. The molecule has 0 radical (unpaired) electrons. The number of nitrogens with one attached hydrogen (secondary N) is 1. The second-order valence-corrected chi connectivity index (χ2v) is 6.86. The Bertz CT molecular complexity index is 892. The maximum absolute atomic E-state index is 12.7. The smallest absolute Gasteiger partial charge is 0.272 e. The number of nitrogens with zero attached hydrogens (tertiary/aromatic N) is 5. The highest BCUT2D eigenvalue weighted by Crippen LogP contribution is 2.17. The summed E-state index contributed by atoms with van der Waals surface area (Å²) in [5.74, 6) is 0.992. The minimum Gasteiger partial charge on any atom is -0.488 e. The second-order valence-electron chi connectivity index (χ2n) is 6.86. The van der Waals surface area contributed by atoms with E-state index in [1.54, 1.807) is 34.0 Å². The Balaban J connectivity index is 0.00000341. The predicted molar refractivity (Wildman–Crippen MR) is 125 cm³/mol. The molecule has 0 saturated carbocycles. The molecular formula is C20H27F2IN6O2. The summed E-state index contributed by atoms with van der Waals surface area (Å²) >= 11 is 0. The van der Waals surface area contributed by atoms with E-state index >= 15 is 0 Å². The van der Waals surface area contributed by atoms with Crippen molar-refractivity contribution in [3.05, 3.63) is 42.2 Å². The van der Waals surface area contributed by atoms with E-state index in [9.17, 15) is 13.6 Å². The summed E-state index contributed by atoms with van der Waals surface area (Å²) in [5, 5.41) is 7.34. The Morgan fingerprint density at radius 1 is 1.35 bits per heavy atom. The highest BCUT2D eigenvalue weighted by atomic mass is 127. The van der Waals surface area contributed by atoms with Crippen LogP contribution in [0.4, 0.5) is 14.5 Å². The molecule has 0 atom stereocenters. The van der Waals surface area contributed by atoms with Crippen molar-refractivity contribution in [3.63, 3.8) is 0 Å². The minimum atomic E-state index is -2.52. The van der Waals surface area contributed by atoms with Crippen LogP contribution in [0.5, 0.6) is 5.75 Å². The lowest BCUT2D eigenvalue weighted by molar-refractivity contribution is -0.120. The molecule has 1 aromatic heterocycles. The maximum Gasteiger partial charge on any atom is 0.272 e. The van der Waals surface area contributed by atoms with Gasteiger partial charge in [0.2, 0.25) is 5.91 Å². The van der Waals surface area contributed by atoms with Crippen molar-refractivity contribution < 1.29 is 18.3 Å². The Labute approximate surface area is 197 Å². The molecule has 8 nitrogen and oxygen atoms in total. The van der Waals surface area contributed by atoms with Crippen molar-refractivity contribution >= 4 is 41.5 Å². The SMILES string of the molecule is CCNC(=NCc1cccc(OCC(F)F)c1)N1CCN(c2cnn(C)c2)C(=O)C1.I. The molecule has 2 aromatic rings. The summed E-state index contributed by atoms with van der Waals surface area (Å²) in [6, 6.07) is 6.93. The van der Waals surface area contributed by atoms with Gasteiger partial charge in [0.25, 0.3) is 6.43 Å². The predicted octanol–water partition coefficient (Wildman–Crippen LogP) is 2.50. The number of rotatable bonds is 7. The van der Waals surface area contributed by atoms with Crippen LogP contribution < -0.4 is 15.0 Å². The Kier molecular flexibility index (Phi) is 9.46. The van der Waals surface area contributed by atoms with Gasteiger partial charge in [0.1, 0.15) is 18.9 Å². The van der Waals surface area contributed by atoms with Crippen LogP contribution in [0.3, 0.4) is 0 Å². The fourth-order valence-corrected chi connectivity index (χ4v) is 3.16. The quantitative estimate of drug-likeness (QED) is 0.327. The van der Waals surface area contributed by atoms with Gasteiger partial charge in [-0.15, -0.1) is 24.0 Å². The van der Waals surface area contributed by atoms with Crippen LogP contribution >= 0.6 is 24.0 Å². The first-order valence-corrected chi connectivity index (χ1v) is 9.78. The van der Waals surface area contributed by atoms with E-state index < -0.39 is 13.0 Å². The van der Waals surface area contributed by atoms with E-state index in [1.807, 2.05) is 31.1 Å². The van der Waals surface area contributed by atoms with Gasteiger partial charge < -0.3 is 19.9 Å². The van der Waals surface area contributed by atoms with E-state index in [-0.39, 0.29) is 36.4 Å². The van der Waals surface area contributed by atoms with Crippen LogP contribution in [-0.2, 0) is 18.4 Å². The molecule has 2 heterocycles. The van der Waals surface area contributed by atoms with Gasteiger partial charge in [-0.3, -0.25) is 9.48 Å². The summed E-state index contributed by atoms with van der Waals surface area (Å²) in [6.07, 6.45) is 0.973. The van der Waals surface area contributed by atoms with Gasteiger partial charge in [0.05, 0.1) is 18.4 Å². The molecule has 1 aliphatic rings. The zero-order valence-electron chi connectivity index (χ0n) is 17.5. The summed E-state index contributed by atoms with van der Waals surface area (Å²) in [7, 11) is 1.81. The number of alkyl halides is 2. The number of carbonyl (C=O) groups excluding carboxylic acids is 1. The van der Waals surface area contributed by atoms with Crippen LogP contribution in [0.2, 0.25) is 0 Å². The minimum absolute atomic E-state index is 0. The molecular weight excluding hydrogens is 521 g/mol. The number of aromatic nitrogens is 2. The number of aryl methyl sites for hydroxylation is 1. The molecule has 1 amide bonds. The lowest BCUT2D eigenvalue weighted by Crippen LogP contribution is -2.55. The lowest BCUT2D eigenvalue weighted by atomic mass is 10.2. The molecule has 1 aromatic carbocycles. The number of ether oxygens (including phenoxy) is 1. The number of benzene rings is 1. The maximum atomic E-state index is 12.7. The fraction of sp³-hybridized carbons (Fsp3) is 0.450. The third kappa shape index (κ3) is 7.04. The van der Waals surface area contributed by atoms with Crippen molar-refractivity contribution in [2.75, 3.05) is 37.7 Å². The Hall–Kier alpha value is -2.44. The average molecular weight is 548 g/mol. The number of piperazine rings is 1. The van der Waals surface area contributed by atoms with E-state index in [0.29, 0.717) is 37.9 Å². The van der Waals surface area contributed by atoms with Crippen molar-refractivity contribution in [1.29, 1.82) is 0 Å². The normalized spacial score (nSPS) is 14.6. The summed E-state index contributed by atoms with van der Waals surface area (Å²) in [5.41, 5.74) is 1.61. The highest BCUT2D eigenvalue weighted by molar-refractivity contribution is 14.0. The Morgan fingerprint density at radius 2 is 2.16 bits per heavy atom. The van der Waals surface area contributed by atoms with Crippen LogP contribution in [0.15, 0.2) is 41.7 Å². The standard InChI is InChI=1S/C20H26F2N6O2.HI/c1-3-23-20(24-10-15-5-4-6-17(9-15)30-14-18(21)22)27-7-8-28(19(29)13-27)16-11-25-26(2)12-16;/h4-6,9,11-12,18H,3,7-8,10,13-14H2,1-2H3,(H,23,24);1H. The number of aliphatic imine (C=N–C) groups is 1. The van der Waals surface area contributed by atoms with Crippen LogP contribution in [0.25, 0.3) is 0 Å². The fourth-order valence-electron chi connectivity index (χ4n) is 3.16. The van der Waals surface area contributed by atoms with Gasteiger partial charge in [-0.2, -0.15) is 5.10 Å². The summed E-state index contributed by atoms with van der Waals surface area (Å²) in [6.45, 7) is 3.69. The number of guanidine groups is 1. The first-order valence-electron chi connectivity index (χ1n) is 9.78. The van der Waals surface area contributed by atoms with Crippen LogP contribution in [0.1, 0.15) is 12.5 Å². The molecule has 11 heteroatoms. The molecule has 0 bridgehead atoms. The van der Waals surface area contributed by atoms with E-state index in [2.05, 4.69) is 15.4 Å². The zero-order chi connectivity index (χ0) is 21.5. The van der Waals surface area contributed by atoms with Gasteiger partial charge in [-0.25, -0.2) is 13.8 Å². The second kappa shape index (κ2) is 11.8. The first kappa shape index (κ1) is 24.8. The third-order valence-corrected chi connectivity index (χ3v) is 4.54. The molecule has 1 saturated heterocycles. The monoisotopic (exact) mass is 548 g/mol. The molecule has 1 aliphatic heterocycles. The molecule has 0 unspecified atom stereocenters. The zero-order valence-corrected chi connectivity index (χ0v) is 19.8. The van der Waals surface area contributed by atoms with Crippen molar-refractivity contribution in [2.24, 2.45) is 12.0 Å². The number of hydrogen-bond donors (Lipinski definition) is 1. The number of amides is 1.